The van der Waals surface area contributed by atoms with Crippen molar-refractivity contribution < 1.29 is 14.6 Å². The number of hydrogen-bond acceptors (Lipinski definition) is 5. The Kier molecular flexibility index (Phi) is 5.25. The maximum absolute atomic E-state index is 11.0. The number of aromatic nitrogens is 2. The molecular weight excluding hydrogens is 380 g/mol. The molecule has 0 bridgehead atoms. The number of nitrogens with two attached hydrogens (primary N) is 1. The van der Waals surface area contributed by atoms with E-state index in [1.165, 1.54) is 0 Å². The molecule has 1 aliphatic carbocycles. The van der Waals surface area contributed by atoms with Crippen LogP contribution >= 0.6 is 0 Å². The fourth-order valence-electron chi connectivity index (χ4n) is 3.33. The number of rotatable bonds is 7. The van der Waals surface area contributed by atoms with Crippen LogP contribution in [0.2, 0.25) is 0 Å². The normalized spacial score (nSPS) is 14.2. The Morgan fingerprint density at radius 1 is 1.30 bits per heavy atom. The summed E-state index contributed by atoms with van der Waals surface area (Å²) in [6.07, 6.45) is 2.57. The molecule has 0 saturated heterocycles. The summed E-state index contributed by atoms with van der Waals surface area (Å²) >= 11 is 0. The molecule has 0 amide bonds. The van der Waals surface area contributed by atoms with E-state index in [1.54, 1.807) is 16.8 Å². The Labute approximate surface area is 174 Å². The van der Waals surface area contributed by atoms with Gasteiger partial charge in [0.25, 0.3) is 0 Å². The molecule has 7 nitrogen and oxygen atoms in total. The van der Waals surface area contributed by atoms with Gasteiger partial charge < -0.3 is 15.6 Å². The Morgan fingerprint density at radius 2 is 2.03 bits per heavy atom. The summed E-state index contributed by atoms with van der Waals surface area (Å²) in [5, 5.41) is 22.8. The first-order valence-corrected chi connectivity index (χ1v) is 9.78. The Balaban J connectivity index is 1.63. The van der Waals surface area contributed by atoms with Crippen LogP contribution in [0.25, 0.3) is 11.1 Å². The van der Waals surface area contributed by atoms with E-state index >= 15 is 0 Å². The number of benzene rings is 2. The fourth-order valence-corrected chi connectivity index (χ4v) is 3.33. The average molecular weight is 402 g/mol. The molecule has 0 spiro atoms. The zero-order valence-electron chi connectivity index (χ0n) is 16.6. The van der Waals surface area contributed by atoms with Crippen molar-refractivity contribution in [2.75, 3.05) is 0 Å². The zero-order valence-corrected chi connectivity index (χ0v) is 16.6. The first kappa shape index (κ1) is 19.7. The fraction of sp³-hybridized carbons (Fsp3) is 0.261. The third-order valence-corrected chi connectivity index (χ3v) is 5.21. The molecule has 152 valence electrons. The first-order chi connectivity index (χ1) is 14.4. The lowest BCUT2D eigenvalue weighted by atomic mass is 9.99. The molecule has 1 fully saturated rings. The number of nitrogens with zero attached hydrogens (tertiary/aromatic N) is 3. The third-order valence-electron chi connectivity index (χ3n) is 5.21. The molecule has 0 radical (unpaired) electrons. The van der Waals surface area contributed by atoms with Gasteiger partial charge in [-0.1, -0.05) is 24.3 Å². The van der Waals surface area contributed by atoms with Gasteiger partial charge in [-0.2, -0.15) is 10.4 Å². The van der Waals surface area contributed by atoms with Crippen molar-refractivity contribution in [2.24, 2.45) is 12.8 Å². The van der Waals surface area contributed by atoms with Crippen molar-refractivity contribution >= 4 is 5.97 Å². The zero-order chi connectivity index (χ0) is 21.3. The largest absolute Gasteiger partial charge is 0.480 e. The summed E-state index contributed by atoms with van der Waals surface area (Å²) in [6, 6.07) is 16.0. The van der Waals surface area contributed by atoms with Gasteiger partial charge in [-0.3, -0.25) is 4.79 Å². The van der Waals surface area contributed by atoms with Crippen molar-refractivity contribution in [3.05, 3.63) is 65.4 Å². The van der Waals surface area contributed by atoms with E-state index in [1.807, 2.05) is 43.4 Å². The van der Waals surface area contributed by atoms with Crippen LogP contribution in [-0.2, 0) is 18.3 Å². The SMILES string of the molecule is Cn1nc(C2CC2)cc1Oc1cc(C#N)ccc1-c1ccc(C[C@H](N)C(=O)O)cc1. The monoisotopic (exact) mass is 402 g/mol. The van der Waals surface area contributed by atoms with Gasteiger partial charge in [-0.05, 0) is 48.6 Å². The number of aryl methyl sites for hydroxylation is 1. The van der Waals surface area contributed by atoms with E-state index in [0.717, 1.165) is 35.2 Å². The van der Waals surface area contributed by atoms with E-state index in [2.05, 4.69) is 11.2 Å². The van der Waals surface area contributed by atoms with Crippen molar-refractivity contribution in [1.82, 2.24) is 9.78 Å². The molecule has 1 aromatic heterocycles. The maximum atomic E-state index is 11.0. The second kappa shape index (κ2) is 8.01. The number of nitriles is 1. The highest BCUT2D eigenvalue weighted by Crippen LogP contribution is 2.41. The van der Waals surface area contributed by atoms with Crippen molar-refractivity contribution in [3.8, 4) is 28.8 Å². The molecular formula is C23H22N4O3. The Bertz CT molecular complexity index is 1120. The standard InChI is InChI=1S/C23H22N4O3/c1-27-22(12-20(26-27)17-7-8-17)30-21-11-15(13-24)4-9-18(21)16-5-2-14(3-6-16)10-19(25)23(28)29/h2-6,9,11-12,17,19H,7-8,10,25H2,1H3,(H,28,29)/t19-/m0/s1. The summed E-state index contributed by atoms with van der Waals surface area (Å²) in [4.78, 5) is 11.0. The third kappa shape index (κ3) is 4.19. The minimum absolute atomic E-state index is 0.255. The average Bonchev–Trinajstić information content (AvgIpc) is 3.53. The van der Waals surface area contributed by atoms with Gasteiger partial charge in [0.15, 0.2) is 0 Å². The Hall–Kier alpha value is -3.63. The van der Waals surface area contributed by atoms with Gasteiger partial charge in [0.2, 0.25) is 5.88 Å². The number of ether oxygens (including phenoxy) is 1. The number of carbonyl (C=O) groups is 1. The van der Waals surface area contributed by atoms with E-state index < -0.39 is 12.0 Å². The molecule has 1 saturated carbocycles. The van der Waals surface area contributed by atoms with E-state index in [4.69, 9.17) is 15.6 Å². The molecule has 3 aromatic rings. The van der Waals surface area contributed by atoms with E-state index in [0.29, 0.717) is 23.1 Å². The minimum Gasteiger partial charge on any atom is -0.480 e. The number of carboxylic acid groups (broad SMARTS) is 1. The van der Waals surface area contributed by atoms with Crippen LogP contribution in [0.4, 0.5) is 0 Å². The summed E-state index contributed by atoms with van der Waals surface area (Å²) in [6.45, 7) is 0. The summed E-state index contributed by atoms with van der Waals surface area (Å²) < 4.78 is 7.89. The van der Waals surface area contributed by atoms with Gasteiger partial charge in [-0.15, -0.1) is 0 Å². The molecule has 30 heavy (non-hydrogen) atoms. The lowest BCUT2D eigenvalue weighted by Crippen LogP contribution is -2.32. The minimum atomic E-state index is -1.02. The van der Waals surface area contributed by atoms with Crippen molar-refractivity contribution in [2.45, 2.75) is 31.2 Å². The van der Waals surface area contributed by atoms with Gasteiger partial charge in [0.05, 0.1) is 17.3 Å². The lowest BCUT2D eigenvalue weighted by molar-refractivity contribution is -0.138. The molecule has 2 aromatic carbocycles. The van der Waals surface area contributed by atoms with Gasteiger partial charge >= 0.3 is 5.97 Å². The molecule has 0 aliphatic heterocycles. The molecule has 0 unspecified atom stereocenters. The topological polar surface area (TPSA) is 114 Å². The first-order valence-electron chi connectivity index (χ1n) is 9.78. The number of aliphatic carboxylic acids is 1. The Morgan fingerprint density at radius 3 is 2.67 bits per heavy atom. The maximum Gasteiger partial charge on any atom is 0.320 e. The van der Waals surface area contributed by atoms with Gasteiger partial charge in [0.1, 0.15) is 11.8 Å². The van der Waals surface area contributed by atoms with Crippen molar-refractivity contribution in [1.29, 1.82) is 5.26 Å². The molecule has 7 heteroatoms. The van der Waals surface area contributed by atoms with Crippen LogP contribution in [-0.4, -0.2) is 26.9 Å². The van der Waals surface area contributed by atoms with Gasteiger partial charge in [-0.25, -0.2) is 4.68 Å². The summed E-state index contributed by atoms with van der Waals surface area (Å²) in [5.74, 6) is 0.679. The van der Waals surface area contributed by atoms with Crippen LogP contribution in [0.3, 0.4) is 0 Å². The summed E-state index contributed by atoms with van der Waals surface area (Å²) in [5.41, 5.74) is 9.72. The molecule has 1 aliphatic rings. The highest BCUT2D eigenvalue weighted by Gasteiger charge is 2.27. The van der Waals surface area contributed by atoms with Gasteiger partial charge in [0, 0.05) is 24.6 Å². The molecule has 1 heterocycles. The quantitative estimate of drug-likeness (QED) is 0.624. The predicted octanol–water partition coefficient (Wildman–Crippen LogP) is 3.58. The lowest BCUT2D eigenvalue weighted by Gasteiger charge is -2.13. The van der Waals surface area contributed by atoms with Crippen LogP contribution in [0.15, 0.2) is 48.5 Å². The highest BCUT2D eigenvalue weighted by molar-refractivity contribution is 5.74. The predicted molar refractivity (Wildman–Crippen MR) is 111 cm³/mol. The van der Waals surface area contributed by atoms with Crippen LogP contribution in [0.5, 0.6) is 11.6 Å². The smallest absolute Gasteiger partial charge is 0.320 e. The van der Waals surface area contributed by atoms with Crippen molar-refractivity contribution in [3.63, 3.8) is 0 Å². The number of hydrogen-bond donors (Lipinski definition) is 2. The number of carboxylic acids is 1. The van der Waals surface area contributed by atoms with E-state index in [9.17, 15) is 10.1 Å². The van der Waals surface area contributed by atoms with Crippen LogP contribution in [0.1, 0.15) is 35.6 Å². The second-order valence-electron chi connectivity index (χ2n) is 7.58. The van der Waals surface area contributed by atoms with E-state index in [-0.39, 0.29) is 6.42 Å². The van der Waals surface area contributed by atoms with Crippen LogP contribution in [0, 0.1) is 11.3 Å². The molecule has 3 N–H and O–H groups in total. The summed E-state index contributed by atoms with van der Waals surface area (Å²) in [7, 11) is 1.84. The molecule has 1 atom stereocenters. The second-order valence-corrected chi connectivity index (χ2v) is 7.58. The van der Waals surface area contributed by atoms with Crippen LogP contribution < -0.4 is 10.5 Å². The highest BCUT2D eigenvalue weighted by atomic mass is 16.5. The molecule has 4 rings (SSSR count).